The summed E-state index contributed by atoms with van der Waals surface area (Å²) in [5, 5.41) is 8.91. The Morgan fingerprint density at radius 1 is 1.17 bits per heavy atom. The van der Waals surface area contributed by atoms with Gasteiger partial charge in [-0.25, -0.2) is 4.79 Å². The Morgan fingerprint density at radius 2 is 1.78 bits per heavy atom. The summed E-state index contributed by atoms with van der Waals surface area (Å²) in [6, 6.07) is 8.51. The molecule has 5 nitrogen and oxygen atoms in total. The summed E-state index contributed by atoms with van der Waals surface area (Å²) in [5.74, 6) is -0.979. The van der Waals surface area contributed by atoms with E-state index < -0.39 is 5.97 Å². The molecule has 0 atom stereocenters. The van der Waals surface area contributed by atoms with Crippen molar-refractivity contribution in [3.8, 4) is 0 Å². The number of carbonyl (C=O) groups is 2. The van der Waals surface area contributed by atoms with Crippen LogP contribution in [-0.4, -0.2) is 33.5 Å². The van der Waals surface area contributed by atoms with E-state index in [4.69, 9.17) is 5.11 Å². The summed E-state index contributed by atoms with van der Waals surface area (Å²) in [4.78, 5) is 25.2. The Kier molecular flexibility index (Phi) is 4.89. The number of aromatic carboxylic acids is 1. The molecule has 0 saturated carbocycles. The number of benzene rings is 1. The van der Waals surface area contributed by atoms with Crippen LogP contribution in [0.3, 0.4) is 0 Å². The molecule has 0 unspecified atom stereocenters. The van der Waals surface area contributed by atoms with Crippen LogP contribution in [-0.2, 0) is 13.1 Å². The van der Waals surface area contributed by atoms with E-state index in [-0.39, 0.29) is 11.5 Å². The van der Waals surface area contributed by atoms with Gasteiger partial charge in [0.05, 0.1) is 11.1 Å². The maximum Gasteiger partial charge on any atom is 0.335 e. The van der Waals surface area contributed by atoms with Gasteiger partial charge in [0.15, 0.2) is 0 Å². The number of hydrogen-bond acceptors (Lipinski definition) is 2. The van der Waals surface area contributed by atoms with Crippen molar-refractivity contribution in [2.45, 2.75) is 33.9 Å². The van der Waals surface area contributed by atoms with Crippen molar-refractivity contribution in [2.75, 3.05) is 7.05 Å². The zero-order valence-corrected chi connectivity index (χ0v) is 14.0. The monoisotopic (exact) mass is 314 g/mol. The Labute approximate surface area is 136 Å². The van der Waals surface area contributed by atoms with Crippen molar-refractivity contribution in [1.29, 1.82) is 0 Å². The van der Waals surface area contributed by atoms with E-state index in [1.165, 1.54) is 0 Å². The molecule has 0 aliphatic heterocycles. The predicted molar refractivity (Wildman–Crippen MR) is 88.8 cm³/mol. The second-order valence-electron chi connectivity index (χ2n) is 5.69. The van der Waals surface area contributed by atoms with E-state index in [2.05, 4.69) is 11.5 Å². The highest BCUT2D eigenvalue weighted by molar-refractivity contribution is 5.95. The molecule has 23 heavy (non-hydrogen) atoms. The summed E-state index contributed by atoms with van der Waals surface area (Å²) in [5.41, 5.74) is 3.91. The average Bonchev–Trinajstić information content (AvgIpc) is 2.81. The van der Waals surface area contributed by atoms with Crippen LogP contribution in [0.5, 0.6) is 0 Å². The third-order valence-electron chi connectivity index (χ3n) is 4.09. The van der Waals surface area contributed by atoms with E-state index >= 15 is 0 Å². The molecule has 0 aliphatic carbocycles. The number of carboxylic acids is 1. The summed E-state index contributed by atoms with van der Waals surface area (Å²) in [7, 11) is 1.76. The highest BCUT2D eigenvalue weighted by atomic mass is 16.4. The number of carbonyl (C=O) groups excluding carboxylic acids is 1. The van der Waals surface area contributed by atoms with Gasteiger partial charge in [-0.3, -0.25) is 4.79 Å². The zero-order chi connectivity index (χ0) is 17.1. The Morgan fingerprint density at radius 3 is 2.26 bits per heavy atom. The fraction of sp³-hybridized carbons (Fsp3) is 0.333. The van der Waals surface area contributed by atoms with Gasteiger partial charge in [0.25, 0.3) is 5.91 Å². The van der Waals surface area contributed by atoms with Gasteiger partial charge in [0, 0.05) is 31.5 Å². The lowest BCUT2D eigenvalue weighted by Gasteiger charge is -2.17. The maximum atomic E-state index is 12.6. The van der Waals surface area contributed by atoms with Crippen molar-refractivity contribution < 1.29 is 14.7 Å². The van der Waals surface area contributed by atoms with Gasteiger partial charge in [-0.2, -0.15) is 0 Å². The number of carboxylic acid groups (broad SMARTS) is 1. The van der Waals surface area contributed by atoms with Crippen molar-refractivity contribution in [3.63, 3.8) is 0 Å². The highest BCUT2D eigenvalue weighted by Gasteiger charge is 2.18. The molecule has 1 N–H and O–H groups in total. The Hall–Kier alpha value is -2.56. The lowest BCUT2D eigenvalue weighted by molar-refractivity contribution is 0.0695. The van der Waals surface area contributed by atoms with Crippen LogP contribution in [0.25, 0.3) is 0 Å². The Bertz CT molecular complexity index is 729. The third kappa shape index (κ3) is 3.44. The molecule has 1 aromatic heterocycles. The van der Waals surface area contributed by atoms with E-state index in [0.29, 0.717) is 12.1 Å². The van der Waals surface area contributed by atoms with Gasteiger partial charge in [-0.05, 0) is 44.5 Å². The lowest BCUT2D eigenvalue weighted by Crippen LogP contribution is -2.26. The molecule has 2 aromatic rings. The second kappa shape index (κ2) is 6.69. The summed E-state index contributed by atoms with van der Waals surface area (Å²) in [6.45, 7) is 7.29. The topological polar surface area (TPSA) is 62.5 Å². The summed E-state index contributed by atoms with van der Waals surface area (Å²) >= 11 is 0. The first kappa shape index (κ1) is 16.8. The number of rotatable bonds is 5. The summed E-state index contributed by atoms with van der Waals surface area (Å²) in [6.07, 6.45) is 0. The van der Waals surface area contributed by atoms with Crippen LogP contribution in [0.15, 0.2) is 30.3 Å². The van der Waals surface area contributed by atoms with Crippen molar-refractivity contribution in [2.24, 2.45) is 0 Å². The molecular weight excluding hydrogens is 292 g/mol. The van der Waals surface area contributed by atoms with E-state index in [1.807, 2.05) is 19.9 Å². The fourth-order valence-electron chi connectivity index (χ4n) is 2.81. The van der Waals surface area contributed by atoms with Crippen LogP contribution in [0.2, 0.25) is 0 Å². The van der Waals surface area contributed by atoms with Crippen molar-refractivity contribution in [1.82, 2.24) is 9.47 Å². The normalized spacial score (nSPS) is 10.6. The molecule has 0 radical (unpaired) electrons. The molecule has 1 heterocycles. The Balaban J connectivity index is 2.15. The number of aryl methyl sites for hydroxylation is 1. The number of aromatic nitrogens is 1. The number of hydrogen-bond donors (Lipinski definition) is 1. The standard InChI is InChI=1S/C18H22N2O3/c1-5-20-12(2)10-16(13(20)3)17(21)19(4)11-14-6-8-15(9-7-14)18(22)23/h6-10H,5,11H2,1-4H3,(H,22,23). The van der Waals surface area contributed by atoms with Crippen LogP contribution in [0.4, 0.5) is 0 Å². The first-order valence-electron chi connectivity index (χ1n) is 7.59. The van der Waals surface area contributed by atoms with Crippen molar-refractivity contribution >= 4 is 11.9 Å². The van der Waals surface area contributed by atoms with E-state index in [1.54, 1.807) is 36.2 Å². The predicted octanol–water partition coefficient (Wildman–Crippen LogP) is 3.10. The number of amides is 1. The smallest absolute Gasteiger partial charge is 0.335 e. The van der Waals surface area contributed by atoms with Gasteiger partial charge >= 0.3 is 5.97 Å². The minimum Gasteiger partial charge on any atom is -0.478 e. The van der Waals surface area contributed by atoms with Gasteiger partial charge in [-0.1, -0.05) is 12.1 Å². The molecule has 0 aliphatic rings. The fourth-order valence-corrected chi connectivity index (χ4v) is 2.81. The summed E-state index contributed by atoms with van der Waals surface area (Å²) < 4.78 is 2.11. The van der Waals surface area contributed by atoms with Gasteiger partial charge in [0.2, 0.25) is 0 Å². The van der Waals surface area contributed by atoms with Crippen molar-refractivity contribution in [3.05, 3.63) is 58.4 Å². The minimum absolute atomic E-state index is 0.0277. The highest BCUT2D eigenvalue weighted by Crippen LogP contribution is 2.18. The molecule has 0 fully saturated rings. The molecule has 122 valence electrons. The first-order chi connectivity index (χ1) is 10.8. The SMILES string of the molecule is CCn1c(C)cc(C(=O)N(C)Cc2ccc(C(=O)O)cc2)c1C. The molecule has 0 bridgehead atoms. The van der Waals surface area contributed by atoms with Crippen LogP contribution in [0.1, 0.15) is 44.6 Å². The maximum absolute atomic E-state index is 12.6. The van der Waals surface area contributed by atoms with Gasteiger partial charge in [-0.15, -0.1) is 0 Å². The first-order valence-corrected chi connectivity index (χ1v) is 7.59. The quantitative estimate of drug-likeness (QED) is 0.922. The second-order valence-corrected chi connectivity index (χ2v) is 5.69. The minimum atomic E-state index is -0.951. The van der Waals surface area contributed by atoms with Crippen LogP contribution < -0.4 is 0 Å². The van der Waals surface area contributed by atoms with E-state index in [9.17, 15) is 9.59 Å². The molecule has 1 amide bonds. The van der Waals surface area contributed by atoms with Gasteiger partial charge in [0.1, 0.15) is 0 Å². The van der Waals surface area contributed by atoms with E-state index in [0.717, 1.165) is 23.5 Å². The average molecular weight is 314 g/mol. The molecule has 0 spiro atoms. The third-order valence-corrected chi connectivity index (χ3v) is 4.09. The largest absolute Gasteiger partial charge is 0.478 e. The van der Waals surface area contributed by atoms with Crippen LogP contribution in [0, 0.1) is 13.8 Å². The number of nitrogens with zero attached hydrogens (tertiary/aromatic N) is 2. The molecular formula is C18H22N2O3. The molecule has 0 saturated heterocycles. The lowest BCUT2D eigenvalue weighted by atomic mass is 10.1. The van der Waals surface area contributed by atoms with Gasteiger partial charge < -0.3 is 14.6 Å². The molecule has 2 rings (SSSR count). The van der Waals surface area contributed by atoms with Crippen LogP contribution >= 0.6 is 0 Å². The molecule has 5 heteroatoms. The zero-order valence-electron chi connectivity index (χ0n) is 14.0. The molecule has 1 aromatic carbocycles.